The van der Waals surface area contributed by atoms with Crippen molar-refractivity contribution in [2.75, 3.05) is 33.9 Å². The van der Waals surface area contributed by atoms with Gasteiger partial charge >= 0.3 is 5.97 Å². The number of benzene rings is 1. The Morgan fingerprint density at radius 1 is 1.11 bits per heavy atom. The number of nitrogens with zero attached hydrogens (tertiary/aromatic N) is 2. The van der Waals surface area contributed by atoms with Gasteiger partial charge in [0, 0.05) is 25.2 Å². The number of sulfonamides is 1. The number of esters is 1. The summed E-state index contributed by atoms with van der Waals surface area (Å²) in [6.45, 7) is 0.0903. The second-order valence-electron chi connectivity index (χ2n) is 6.07. The number of rotatable bonds is 5. The molecule has 1 aromatic carbocycles. The van der Waals surface area contributed by atoms with Gasteiger partial charge in [0.25, 0.3) is 15.9 Å². The molecule has 2 aromatic rings. The molecule has 1 saturated heterocycles. The van der Waals surface area contributed by atoms with Crippen LogP contribution in [-0.2, 0) is 19.6 Å². The number of carbonyl (C=O) groups excluding carboxylic acids is 2. The van der Waals surface area contributed by atoms with Crippen LogP contribution in [0.15, 0.2) is 46.0 Å². The van der Waals surface area contributed by atoms with E-state index in [2.05, 4.69) is 0 Å². The van der Waals surface area contributed by atoms with Crippen LogP contribution in [0, 0.1) is 0 Å². The predicted molar refractivity (Wildman–Crippen MR) is 103 cm³/mol. The molecule has 0 unspecified atom stereocenters. The van der Waals surface area contributed by atoms with Crippen LogP contribution in [0.3, 0.4) is 0 Å². The van der Waals surface area contributed by atoms with Gasteiger partial charge in [0.1, 0.15) is 16.0 Å². The van der Waals surface area contributed by atoms with E-state index < -0.39 is 22.0 Å². The molecule has 1 amide bonds. The van der Waals surface area contributed by atoms with Crippen LogP contribution in [0.4, 0.5) is 0 Å². The van der Waals surface area contributed by atoms with Gasteiger partial charge in [-0.1, -0.05) is 6.07 Å². The Hall–Kier alpha value is -2.43. The molecule has 1 aromatic heterocycles. The van der Waals surface area contributed by atoms with Crippen molar-refractivity contribution < 1.29 is 27.5 Å². The highest BCUT2D eigenvalue weighted by molar-refractivity contribution is 7.91. The van der Waals surface area contributed by atoms with Crippen LogP contribution in [0.1, 0.15) is 10.4 Å². The van der Waals surface area contributed by atoms with E-state index >= 15 is 0 Å². The molecule has 1 atom stereocenters. The highest BCUT2D eigenvalue weighted by atomic mass is 32.2. The highest BCUT2D eigenvalue weighted by Gasteiger charge is 2.42. The van der Waals surface area contributed by atoms with E-state index in [1.807, 2.05) is 0 Å². The summed E-state index contributed by atoms with van der Waals surface area (Å²) < 4.78 is 37.0. The summed E-state index contributed by atoms with van der Waals surface area (Å²) in [5.41, 5.74) is 0.430. The molecule has 0 aliphatic carbocycles. The van der Waals surface area contributed by atoms with E-state index in [9.17, 15) is 18.0 Å². The molecule has 28 heavy (non-hydrogen) atoms. The predicted octanol–water partition coefficient (Wildman–Crippen LogP) is 1.44. The van der Waals surface area contributed by atoms with Gasteiger partial charge in [-0.2, -0.15) is 4.31 Å². The number of methoxy groups -OCH3 is 2. The molecular formula is C18H20N2O6S2. The summed E-state index contributed by atoms with van der Waals surface area (Å²) in [5, 5.41) is 1.66. The molecule has 0 bridgehead atoms. The van der Waals surface area contributed by atoms with E-state index in [0.29, 0.717) is 11.3 Å². The lowest BCUT2D eigenvalue weighted by Crippen LogP contribution is -2.59. The molecule has 8 nitrogen and oxygen atoms in total. The van der Waals surface area contributed by atoms with Gasteiger partial charge in [0.2, 0.25) is 0 Å². The van der Waals surface area contributed by atoms with Crippen LogP contribution in [0.2, 0.25) is 0 Å². The Morgan fingerprint density at radius 2 is 1.82 bits per heavy atom. The topological polar surface area (TPSA) is 93.2 Å². The molecular weight excluding hydrogens is 404 g/mol. The van der Waals surface area contributed by atoms with Crippen molar-refractivity contribution in [1.29, 1.82) is 0 Å². The van der Waals surface area contributed by atoms with Gasteiger partial charge in [-0.15, -0.1) is 11.3 Å². The quantitative estimate of drug-likeness (QED) is 0.675. The number of thiophene rings is 1. The number of piperazine rings is 1. The lowest BCUT2D eigenvalue weighted by Gasteiger charge is -2.38. The summed E-state index contributed by atoms with van der Waals surface area (Å²) in [6, 6.07) is 8.61. The molecule has 150 valence electrons. The molecule has 0 saturated carbocycles. The van der Waals surface area contributed by atoms with Crippen molar-refractivity contribution >= 4 is 33.2 Å². The van der Waals surface area contributed by atoms with E-state index in [1.165, 1.54) is 25.2 Å². The fourth-order valence-corrected chi connectivity index (χ4v) is 5.69. The van der Waals surface area contributed by atoms with Crippen LogP contribution in [-0.4, -0.2) is 69.4 Å². The zero-order chi connectivity index (χ0) is 20.3. The molecule has 0 spiro atoms. The smallest absolute Gasteiger partial charge is 0.326 e. The second kappa shape index (κ2) is 8.29. The first-order valence-corrected chi connectivity index (χ1v) is 10.8. The average Bonchev–Trinajstić information content (AvgIpc) is 3.28. The maximum Gasteiger partial charge on any atom is 0.326 e. The van der Waals surface area contributed by atoms with Gasteiger partial charge in [0.15, 0.2) is 0 Å². The van der Waals surface area contributed by atoms with Gasteiger partial charge in [-0.25, -0.2) is 8.42 Å². The fourth-order valence-electron chi connectivity index (χ4n) is 3.01. The molecule has 3 rings (SSSR count). The minimum Gasteiger partial charge on any atom is -0.497 e. The lowest BCUT2D eigenvalue weighted by atomic mass is 10.1. The summed E-state index contributed by atoms with van der Waals surface area (Å²) >= 11 is 1.08. The third kappa shape index (κ3) is 3.89. The SMILES string of the molecule is COC(=O)[C@H]1CN(C(=O)c2ccc(OC)cc2)CCN1S(=O)(=O)c1cccs1. The maximum atomic E-state index is 12.9. The Balaban J connectivity index is 1.84. The van der Waals surface area contributed by atoms with Crippen molar-refractivity contribution in [3.05, 3.63) is 47.3 Å². The highest BCUT2D eigenvalue weighted by Crippen LogP contribution is 2.26. The Kier molecular flexibility index (Phi) is 6.01. The fraction of sp³-hybridized carbons (Fsp3) is 0.333. The number of carbonyl (C=O) groups is 2. The number of amides is 1. The number of ether oxygens (including phenoxy) is 2. The van der Waals surface area contributed by atoms with Crippen molar-refractivity contribution in [2.45, 2.75) is 10.3 Å². The second-order valence-corrected chi connectivity index (χ2v) is 9.13. The monoisotopic (exact) mass is 424 g/mol. The minimum atomic E-state index is -3.85. The first-order valence-electron chi connectivity index (χ1n) is 8.45. The Morgan fingerprint density at radius 3 is 2.39 bits per heavy atom. The van der Waals surface area contributed by atoms with Crippen LogP contribution in [0.5, 0.6) is 5.75 Å². The number of hydrogen-bond acceptors (Lipinski definition) is 7. The molecule has 1 aliphatic rings. The Bertz CT molecular complexity index is 941. The van der Waals surface area contributed by atoms with Gasteiger partial charge in [0.05, 0.1) is 14.2 Å². The third-order valence-electron chi connectivity index (χ3n) is 4.49. The van der Waals surface area contributed by atoms with Crippen molar-refractivity contribution in [2.24, 2.45) is 0 Å². The summed E-state index contributed by atoms with van der Waals surface area (Å²) in [5.74, 6) is -0.368. The van der Waals surface area contributed by atoms with E-state index in [0.717, 1.165) is 15.6 Å². The number of hydrogen-bond donors (Lipinski definition) is 0. The van der Waals surface area contributed by atoms with Gasteiger partial charge in [-0.05, 0) is 35.7 Å². The van der Waals surface area contributed by atoms with Crippen molar-refractivity contribution in [1.82, 2.24) is 9.21 Å². The van der Waals surface area contributed by atoms with E-state index in [4.69, 9.17) is 9.47 Å². The molecule has 2 heterocycles. The molecule has 1 fully saturated rings. The maximum absolute atomic E-state index is 12.9. The molecule has 0 radical (unpaired) electrons. The average molecular weight is 425 g/mol. The summed E-state index contributed by atoms with van der Waals surface area (Å²) in [4.78, 5) is 26.6. The summed E-state index contributed by atoms with van der Waals surface area (Å²) in [6.07, 6.45) is 0. The minimum absolute atomic E-state index is 0.00188. The normalized spacial score (nSPS) is 17.9. The van der Waals surface area contributed by atoms with Crippen molar-refractivity contribution in [3.8, 4) is 5.75 Å². The molecule has 1 aliphatic heterocycles. The van der Waals surface area contributed by atoms with E-state index in [1.54, 1.807) is 35.7 Å². The largest absolute Gasteiger partial charge is 0.497 e. The van der Waals surface area contributed by atoms with Crippen LogP contribution in [0.25, 0.3) is 0 Å². The zero-order valence-electron chi connectivity index (χ0n) is 15.4. The lowest BCUT2D eigenvalue weighted by molar-refractivity contribution is -0.146. The molecule has 0 N–H and O–H groups in total. The van der Waals surface area contributed by atoms with Crippen LogP contribution >= 0.6 is 11.3 Å². The summed E-state index contributed by atoms with van der Waals surface area (Å²) in [7, 11) is -1.12. The van der Waals surface area contributed by atoms with E-state index in [-0.39, 0.29) is 29.8 Å². The Labute approximate surface area is 167 Å². The molecule has 10 heteroatoms. The third-order valence-corrected chi connectivity index (χ3v) is 7.77. The zero-order valence-corrected chi connectivity index (χ0v) is 17.0. The standard InChI is InChI=1S/C18H20N2O6S2/c1-25-14-7-5-13(6-8-14)17(21)19-9-10-20(15(12-19)18(22)26-2)28(23,24)16-4-3-11-27-16/h3-8,11,15H,9-10,12H2,1-2H3/t15-/m1/s1. The van der Waals surface area contributed by atoms with Crippen molar-refractivity contribution in [3.63, 3.8) is 0 Å². The van der Waals surface area contributed by atoms with Gasteiger partial charge < -0.3 is 14.4 Å². The first kappa shape index (κ1) is 20.3. The van der Waals surface area contributed by atoms with Crippen LogP contribution < -0.4 is 4.74 Å². The first-order chi connectivity index (χ1) is 13.4. The van der Waals surface area contributed by atoms with Gasteiger partial charge in [-0.3, -0.25) is 9.59 Å².